The van der Waals surface area contributed by atoms with Gasteiger partial charge in [0.05, 0.1) is 17.2 Å². The van der Waals surface area contributed by atoms with Gasteiger partial charge in [0.15, 0.2) is 0 Å². The number of nitro groups is 1. The molecule has 9 heteroatoms. The van der Waals surface area contributed by atoms with Gasteiger partial charge in [0, 0.05) is 17.7 Å². The summed E-state index contributed by atoms with van der Waals surface area (Å²) in [5.74, 6) is 0.105. The minimum atomic E-state index is -1.29. The maximum absolute atomic E-state index is 12.9. The van der Waals surface area contributed by atoms with Crippen LogP contribution in [0.3, 0.4) is 0 Å². The van der Waals surface area contributed by atoms with Gasteiger partial charge in [-0.2, -0.15) is 0 Å². The number of aromatic nitrogens is 1. The summed E-state index contributed by atoms with van der Waals surface area (Å²) in [7, 11) is 0. The number of nitro benzene ring substituents is 1. The van der Waals surface area contributed by atoms with Gasteiger partial charge in [0.1, 0.15) is 11.3 Å². The highest BCUT2D eigenvalue weighted by atomic mass is 16.6. The van der Waals surface area contributed by atoms with E-state index in [1.165, 1.54) is 24.3 Å². The molecule has 0 aliphatic carbocycles. The lowest BCUT2D eigenvalue weighted by atomic mass is 9.92. The number of non-ortho nitro benzene ring substituents is 1. The van der Waals surface area contributed by atoms with Crippen LogP contribution in [0.4, 0.5) is 10.5 Å². The standard InChI is InChI=1S/C16H16N4O5/c1-9-13(10(2)25-18-9)8-19-14(21)16(3,17-15(19)22)11-4-6-12(7-5-11)20(23)24/h4-7H,8H2,1-3H3,(H,17,22)/t16-/m0/s1. The molecular formula is C16H16N4O5. The average molecular weight is 344 g/mol. The molecule has 130 valence electrons. The van der Waals surface area contributed by atoms with Crippen molar-refractivity contribution in [2.24, 2.45) is 0 Å². The number of hydrogen-bond acceptors (Lipinski definition) is 6. The first kappa shape index (κ1) is 16.6. The number of rotatable bonds is 4. The Kier molecular flexibility index (Phi) is 3.78. The third-order valence-electron chi connectivity index (χ3n) is 4.43. The van der Waals surface area contributed by atoms with E-state index < -0.39 is 22.4 Å². The predicted molar refractivity (Wildman–Crippen MR) is 85.5 cm³/mol. The third-order valence-corrected chi connectivity index (χ3v) is 4.43. The molecule has 0 unspecified atom stereocenters. The van der Waals surface area contributed by atoms with Crippen molar-refractivity contribution >= 4 is 17.6 Å². The summed E-state index contributed by atoms with van der Waals surface area (Å²) in [5, 5.41) is 17.3. The SMILES string of the molecule is Cc1noc(C)c1CN1C(=O)N[C@@](C)(c2ccc([N+](=O)[O-])cc2)C1=O. The number of nitrogens with one attached hydrogen (secondary N) is 1. The number of carbonyl (C=O) groups excluding carboxylic acids is 2. The molecule has 3 rings (SSSR count). The highest BCUT2D eigenvalue weighted by Crippen LogP contribution is 2.31. The molecule has 1 aromatic heterocycles. The van der Waals surface area contributed by atoms with Gasteiger partial charge in [0.25, 0.3) is 11.6 Å². The van der Waals surface area contributed by atoms with E-state index in [1.807, 2.05) is 0 Å². The summed E-state index contributed by atoms with van der Waals surface area (Å²) >= 11 is 0. The fraction of sp³-hybridized carbons (Fsp3) is 0.312. The van der Waals surface area contributed by atoms with Crippen molar-refractivity contribution in [3.8, 4) is 0 Å². The number of carbonyl (C=O) groups is 2. The molecule has 1 atom stereocenters. The second-order valence-electron chi connectivity index (χ2n) is 6.05. The Labute approximate surface area is 142 Å². The quantitative estimate of drug-likeness (QED) is 0.516. The van der Waals surface area contributed by atoms with Crippen molar-refractivity contribution < 1.29 is 19.0 Å². The van der Waals surface area contributed by atoms with E-state index in [0.29, 0.717) is 22.6 Å². The van der Waals surface area contributed by atoms with Crippen molar-refractivity contribution in [2.45, 2.75) is 32.9 Å². The van der Waals surface area contributed by atoms with Crippen LogP contribution in [0.25, 0.3) is 0 Å². The zero-order chi connectivity index (χ0) is 18.4. The zero-order valence-corrected chi connectivity index (χ0v) is 13.9. The molecule has 2 aromatic rings. The number of aryl methyl sites for hydroxylation is 2. The summed E-state index contributed by atoms with van der Waals surface area (Å²) in [5.41, 5.74) is 0.387. The van der Waals surface area contributed by atoms with Gasteiger partial charge in [-0.3, -0.25) is 19.8 Å². The van der Waals surface area contributed by atoms with Gasteiger partial charge in [-0.05, 0) is 38.5 Å². The third kappa shape index (κ3) is 2.63. The Morgan fingerprint density at radius 2 is 1.92 bits per heavy atom. The van der Waals surface area contributed by atoms with Crippen molar-refractivity contribution in [3.63, 3.8) is 0 Å². The largest absolute Gasteiger partial charge is 0.361 e. The van der Waals surface area contributed by atoms with Crippen LogP contribution < -0.4 is 5.32 Å². The normalized spacial score (nSPS) is 20.0. The predicted octanol–water partition coefficient (Wildman–Crippen LogP) is 2.17. The molecule has 0 radical (unpaired) electrons. The number of imide groups is 1. The molecule has 25 heavy (non-hydrogen) atoms. The van der Waals surface area contributed by atoms with Crippen LogP contribution in [0.5, 0.6) is 0 Å². The van der Waals surface area contributed by atoms with Gasteiger partial charge in [0.2, 0.25) is 0 Å². The number of amides is 3. The molecule has 2 heterocycles. The Hall–Kier alpha value is -3.23. The fourth-order valence-corrected chi connectivity index (χ4v) is 2.84. The van der Waals surface area contributed by atoms with Crippen molar-refractivity contribution in [1.82, 2.24) is 15.4 Å². The first-order valence-corrected chi connectivity index (χ1v) is 7.55. The molecule has 0 saturated carbocycles. The van der Waals surface area contributed by atoms with Gasteiger partial charge in [-0.15, -0.1) is 0 Å². The summed E-state index contributed by atoms with van der Waals surface area (Å²) in [6, 6.07) is 5.00. The van der Waals surface area contributed by atoms with Crippen LogP contribution in [-0.2, 0) is 16.9 Å². The maximum atomic E-state index is 12.9. The highest BCUT2D eigenvalue weighted by Gasteiger charge is 2.49. The van der Waals surface area contributed by atoms with Crippen LogP contribution in [-0.4, -0.2) is 26.9 Å². The van der Waals surface area contributed by atoms with Crippen molar-refractivity contribution in [2.75, 3.05) is 0 Å². The monoisotopic (exact) mass is 344 g/mol. The van der Waals surface area contributed by atoms with E-state index >= 15 is 0 Å². The number of urea groups is 1. The van der Waals surface area contributed by atoms with Crippen molar-refractivity contribution in [1.29, 1.82) is 0 Å². The van der Waals surface area contributed by atoms with Crippen LogP contribution in [0.2, 0.25) is 0 Å². The molecule has 0 spiro atoms. The molecule has 3 amide bonds. The van der Waals surface area contributed by atoms with Gasteiger partial charge in [-0.1, -0.05) is 5.16 Å². The smallest absolute Gasteiger partial charge is 0.325 e. The molecular weight excluding hydrogens is 328 g/mol. The van der Waals surface area contributed by atoms with Crippen LogP contribution in [0.15, 0.2) is 28.8 Å². The number of benzene rings is 1. The van der Waals surface area contributed by atoms with Gasteiger partial charge >= 0.3 is 6.03 Å². The van der Waals surface area contributed by atoms with Crippen LogP contribution >= 0.6 is 0 Å². The number of hydrogen-bond donors (Lipinski definition) is 1. The molecule has 1 saturated heterocycles. The molecule has 1 N–H and O–H groups in total. The Balaban J connectivity index is 1.90. The van der Waals surface area contributed by atoms with E-state index in [4.69, 9.17) is 4.52 Å². The molecule has 1 aromatic carbocycles. The maximum Gasteiger partial charge on any atom is 0.325 e. The lowest BCUT2D eigenvalue weighted by molar-refractivity contribution is -0.384. The van der Waals surface area contributed by atoms with Gasteiger partial charge < -0.3 is 9.84 Å². The zero-order valence-electron chi connectivity index (χ0n) is 13.9. The minimum Gasteiger partial charge on any atom is -0.361 e. The summed E-state index contributed by atoms with van der Waals surface area (Å²) < 4.78 is 5.06. The molecule has 9 nitrogen and oxygen atoms in total. The fourth-order valence-electron chi connectivity index (χ4n) is 2.84. The lowest BCUT2D eigenvalue weighted by Gasteiger charge is -2.22. The van der Waals surface area contributed by atoms with E-state index in [0.717, 1.165) is 4.90 Å². The van der Waals surface area contributed by atoms with Gasteiger partial charge in [-0.25, -0.2) is 4.79 Å². The highest BCUT2D eigenvalue weighted by molar-refractivity contribution is 6.07. The second kappa shape index (κ2) is 5.69. The minimum absolute atomic E-state index is 0.0500. The van der Waals surface area contributed by atoms with Crippen LogP contribution in [0, 0.1) is 24.0 Å². The number of nitrogens with zero attached hydrogens (tertiary/aromatic N) is 3. The molecule has 1 fully saturated rings. The summed E-state index contributed by atoms with van der Waals surface area (Å²) in [4.78, 5) is 36.5. The van der Waals surface area contributed by atoms with E-state index in [9.17, 15) is 19.7 Å². The van der Waals surface area contributed by atoms with E-state index in [2.05, 4.69) is 10.5 Å². The Morgan fingerprint density at radius 3 is 2.44 bits per heavy atom. The first-order valence-electron chi connectivity index (χ1n) is 7.55. The Morgan fingerprint density at radius 1 is 1.28 bits per heavy atom. The second-order valence-corrected chi connectivity index (χ2v) is 6.05. The van der Waals surface area contributed by atoms with E-state index in [1.54, 1.807) is 20.8 Å². The summed E-state index contributed by atoms with van der Waals surface area (Å²) in [6.07, 6.45) is 0. The topological polar surface area (TPSA) is 119 Å². The molecule has 1 aliphatic heterocycles. The Bertz CT molecular complexity index is 854. The average Bonchev–Trinajstić information content (AvgIpc) is 3.00. The molecule has 1 aliphatic rings. The van der Waals surface area contributed by atoms with Crippen LogP contribution in [0.1, 0.15) is 29.5 Å². The lowest BCUT2D eigenvalue weighted by Crippen LogP contribution is -2.40. The van der Waals surface area contributed by atoms with E-state index in [-0.39, 0.29) is 12.2 Å². The first-order chi connectivity index (χ1) is 11.7. The van der Waals surface area contributed by atoms with Crippen molar-refractivity contribution in [3.05, 3.63) is 57.0 Å². The summed E-state index contributed by atoms with van der Waals surface area (Å²) in [6.45, 7) is 5.07. The molecule has 0 bridgehead atoms.